The number of imidazole rings is 1. The van der Waals surface area contributed by atoms with Crippen molar-refractivity contribution >= 4 is 33.5 Å². The zero-order valence-electron chi connectivity index (χ0n) is 17.2. The van der Waals surface area contributed by atoms with Gasteiger partial charge in [-0.1, -0.05) is 31.2 Å². The van der Waals surface area contributed by atoms with Gasteiger partial charge in [-0.2, -0.15) is 0 Å². The normalized spacial score (nSPS) is 14.6. The van der Waals surface area contributed by atoms with Gasteiger partial charge in [0.1, 0.15) is 11.7 Å². The topological polar surface area (TPSA) is 90.0 Å². The number of nitrogens with zero attached hydrogens (tertiary/aromatic N) is 2. The van der Waals surface area contributed by atoms with E-state index in [-0.39, 0.29) is 42.3 Å². The summed E-state index contributed by atoms with van der Waals surface area (Å²) < 4.78 is 44.0. The first-order valence-electron chi connectivity index (χ1n) is 10.1. The van der Waals surface area contributed by atoms with E-state index in [4.69, 9.17) is 10.7 Å². The maximum Gasteiger partial charge on any atom is 0.240 e. The maximum atomic E-state index is 14.2. The monoisotopic (exact) mass is 464 g/mol. The molecule has 1 heterocycles. The van der Waals surface area contributed by atoms with Gasteiger partial charge in [-0.3, -0.25) is 0 Å². The summed E-state index contributed by atoms with van der Waals surface area (Å²) in [5.41, 5.74) is 8.52. The van der Waals surface area contributed by atoms with E-state index >= 15 is 0 Å². The van der Waals surface area contributed by atoms with Crippen LogP contribution in [0.1, 0.15) is 25.6 Å². The lowest BCUT2D eigenvalue weighted by Gasteiger charge is -2.09. The van der Waals surface area contributed by atoms with Gasteiger partial charge >= 0.3 is 0 Å². The van der Waals surface area contributed by atoms with Crippen LogP contribution in [-0.4, -0.2) is 30.6 Å². The number of rotatable bonds is 8. The van der Waals surface area contributed by atoms with Gasteiger partial charge in [-0.15, -0.1) is 12.4 Å². The number of aryl methyl sites for hydroxylation is 1. The van der Waals surface area contributed by atoms with E-state index in [1.807, 2.05) is 35.8 Å². The Balaban J connectivity index is 0.00000272. The molecule has 0 bridgehead atoms. The molecule has 1 aliphatic rings. The van der Waals surface area contributed by atoms with Crippen molar-refractivity contribution in [2.24, 2.45) is 5.73 Å². The molecule has 1 fully saturated rings. The number of para-hydroxylation sites is 1. The molecular weight excluding hydrogens is 439 g/mol. The number of benzene rings is 2. The van der Waals surface area contributed by atoms with Gasteiger partial charge in [0.05, 0.1) is 22.5 Å². The molecular formula is C22H26ClFN4O2S. The number of aromatic nitrogens is 2. The van der Waals surface area contributed by atoms with Gasteiger partial charge in [0, 0.05) is 24.6 Å². The average Bonchev–Trinajstić information content (AvgIpc) is 3.47. The Kier molecular flexibility index (Phi) is 7.16. The molecule has 1 saturated carbocycles. The first-order chi connectivity index (χ1) is 14.4. The van der Waals surface area contributed by atoms with Gasteiger partial charge in [0.15, 0.2) is 0 Å². The Morgan fingerprint density at radius 3 is 2.71 bits per heavy atom. The van der Waals surface area contributed by atoms with Crippen molar-refractivity contribution in [3.05, 3.63) is 60.2 Å². The van der Waals surface area contributed by atoms with Crippen molar-refractivity contribution in [1.29, 1.82) is 0 Å². The standard InChI is InChI=1S/C22H25FN4O2S.ClH/c1-2-21-25-22-19(7-4-8-20(22)27(21)14-16(23)11-12-24)15-5-3-6-18(13-15)30(28,29)26-17-9-10-17;/h3-8,11,13,17,26H,2,9-10,12,14,24H2,1H3;1H/b16-11-;. The SMILES string of the molecule is CCc1nc2c(-c3cccc(S(=O)(=O)NC4CC4)c3)cccc2n1C/C(F)=C/CN.Cl. The fourth-order valence-electron chi connectivity index (χ4n) is 3.54. The molecule has 0 spiro atoms. The van der Waals surface area contributed by atoms with Crippen LogP contribution in [0.25, 0.3) is 22.2 Å². The first kappa shape index (κ1) is 23.4. The second-order valence-electron chi connectivity index (χ2n) is 7.45. The molecule has 4 rings (SSSR count). The third kappa shape index (κ3) is 4.98. The smallest absolute Gasteiger partial charge is 0.240 e. The van der Waals surface area contributed by atoms with E-state index in [0.717, 1.165) is 40.8 Å². The molecule has 1 aliphatic carbocycles. The van der Waals surface area contributed by atoms with Crippen molar-refractivity contribution < 1.29 is 12.8 Å². The highest BCUT2D eigenvalue weighted by Crippen LogP contribution is 2.31. The summed E-state index contributed by atoms with van der Waals surface area (Å²) in [4.78, 5) is 4.98. The third-order valence-corrected chi connectivity index (χ3v) is 6.70. The van der Waals surface area contributed by atoms with Gasteiger partial charge < -0.3 is 10.3 Å². The van der Waals surface area contributed by atoms with Gasteiger partial charge in [0.25, 0.3) is 0 Å². The Morgan fingerprint density at radius 1 is 1.29 bits per heavy atom. The Labute approximate surface area is 187 Å². The number of halogens is 2. The van der Waals surface area contributed by atoms with E-state index in [1.54, 1.807) is 18.2 Å². The molecule has 3 aromatic rings. The zero-order valence-corrected chi connectivity index (χ0v) is 18.8. The van der Waals surface area contributed by atoms with E-state index < -0.39 is 10.0 Å². The maximum absolute atomic E-state index is 14.2. The van der Waals surface area contributed by atoms with Crippen LogP contribution >= 0.6 is 12.4 Å². The summed E-state index contributed by atoms with van der Waals surface area (Å²) in [5, 5.41) is 0. The molecule has 1 aromatic heterocycles. The summed E-state index contributed by atoms with van der Waals surface area (Å²) in [6, 6.07) is 12.6. The number of nitrogens with two attached hydrogens (primary N) is 1. The first-order valence-corrected chi connectivity index (χ1v) is 11.6. The molecule has 2 aromatic carbocycles. The second kappa shape index (κ2) is 9.48. The summed E-state index contributed by atoms with van der Waals surface area (Å²) in [7, 11) is -3.56. The molecule has 0 atom stereocenters. The fraction of sp³-hybridized carbons (Fsp3) is 0.318. The summed E-state index contributed by atoms with van der Waals surface area (Å²) in [6.07, 6.45) is 3.76. The molecule has 0 unspecified atom stereocenters. The summed E-state index contributed by atoms with van der Waals surface area (Å²) in [5.74, 6) is 0.452. The van der Waals surface area contributed by atoms with Crippen LogP contribution in [0, 0.1) is 0 Å². The predicted molar refractivity (Wildman–Crippen MR) is 123 cm³/mol. The average molecular weight is 465 g/mol. The molecule has 6 nitrogen and oxygen atoms in total. The Morgan fingerprint density at radius 2 is 2.03 bits per heavy atom. The largest absolute Gasteiger partial charge is 0.327 e. The van der Waals surface area contributed by atoms with Crippen LogP contribution in [0.4, 0.5) is 4.39 Å². The Hall–Kier alpha value is -2.26. The minimum absolute atomic E-state index is 0. The van der Waals surface area contributed by atoms with Gasteiger partial charge in [-0.05, 0) is 42.7 Å². The van der Waals surface area contributed by atoms with Crippen LogP contribution in [-0.2, 0) is 23.0 Å². The summed E-state index contributed by atoms with van der Waals surface area (Å²) in [6.45, 7) is 2.18. The van der Waals surface area contributed by atoms with E-state index in [1.165, 1.54) is 6.08 Å². The van der Waals surface area contributed by atoms with Crippen LogP contribution in [0.3, 0.4) is 0 Å². The van der Waals surface area contributed by atoms with Crippen molar-refractivity contribution in [1.82, 2.24) is 14.3 Å². The number of hydrogen-bond acceptors (Lipinski definition) is 4. The number of hydrogen-bond donors (Lipinski definition) is 2. The van der Waals surface area contributed by atoms with Crippen molar-refractivity contribution in [3.8, 4) is 11.1 Å². The highest BCUT2D eigenvalue weighted by atomic mass is 35.5. The lowest BCUT2D eigenvalue weighted by molar-refractivity contribution is 0.549. The van der Waals surface area contributed by atoms with Crippen LogP contribution in [0.2, 0.25) is 0 Å². The fourth-order valence-corrected chi connectivity index (χ4v) is 4.89. The summed E-state index contributed by atoms with van der Waals surface area (Å²) >= 11 is 0. The molecule has 0 aliphatic heterocycles. The molecule has 31 heavy (non-hydrogen) atoms. The molecule has 0 saturated heterocycles. The van der Waals surface area contributed by atoms with Crippen molar-refractivity contribution in [3.63, 3.8) is 0 Å². The van der Waals surface area contributed by atoms with Crippen LogP contribution in [0.15, 0.2) is 59.3 Å². The quantitative estimate of drug-likeness (QED) is 0.528. The number of allylic oxidation sites excluding steroid dienone is 1. The molecule has 9 heteroatoms. The van der Waals surface area contributed by atoms with Crippen molar-refractivity contribution in [2.75, 3.05) is 6.54 Å². The van der Waals surface area contributed by atoms with E-state index in [9.17, 15) is 12.8 Å². The Bertz CT molecular complexity index is 1220. The van der Waals surface area contributed by atoms with Crippen LogP contribution < -0.4 is 10.5 Å². The van der Waals surface area contributed by atoms with Crippen molar-refractivity contribution in [2.45, 2.75) is 43.7 Å². The highest BCUT2D eigenvalue weighted by Gasteiger charge is 2.28. The zero-order chi connectivity index (χ0) is 21.3. The lowest BCUT2D eigenvalue weighted by Crippen LogP contribution is -2.25. The molecule has 166 valence electrons. The molecule has 0 amide bonds. The van der Waals surface area contributed by atoms with Gasteiger partial charge in [-0.25, -0.2) is 22.5 Å². The minimum Gasteiger partial charge on any atom is -0.327 e. The predicted octanol–water partition coefficient (Wildman–Crippen LogP) is 3.94. The van der Waals surface area contributed by atoms with Gasteiger partial charge in [0.2, 0.25) is 10.0 Å². The molecule has 0 radical (unpaired) electrons. The van der Waals surface area contributed by atoms with E-state index in [0.29, 0.717) is 6.42 Å². The number of fused-ring (bicyclic) bond motifs is 1. The number of nitrogens with one attached hydrogen (secondary N) is 1. The third-order valence-electron chi connectivity index (χ3n) is 5.18. The molecule has 3 N–H and O–H groups in total. The van der Waals surface area contributed by atoms with Crippen LogP contribution in [0.5, 0.6) is 0 Å². The lowest BCUT2D eigenvalue weighted by atomic mass is 10.0. The highest BCUT2D eigenvalue weighted by molar-refractivity contribution is 7.89. The second-order valence-corrected chi connectivity index (χ2v) is 9.17. The minimum atomic E-state index is -3.56. The van der Waals surface area contributed by atoms with E-state index in [2.05, 4.69) is 4.72 Å². The number of sulfonamides is 1.